The SMILES string of the molecule is COc1cc(CN2CCC(NC(C)=O)C2)cc(Cl)c1O. The highest BCUT2D eigenvalue weighted by molar-refractivity contribution is 6.32. The Hall–Kier alpha value is -1.46. The number of rotatable bonds is 4. The molecule has 1 heterocycles. The first-order valence-electron chi connectivity index (χ1n) is 6.54. The minimum absolute atomic E-state index is 0.00574. The number of hydrogen-bond acceptors (Lipinski definition) is 4. The van der Waals surface area contributed by atoms with Gasteiger partial charge < -0.3 is 15.2 Å². The van der Waals surface area contributed by atoms with Crippen LogP contribution in [0.5, 0.6) is 11.5 Å². The fourth-order valence-corrected chi connectivity index (χ4v) is 2.75. The van der Waals surface area contributed by atoms with E-state index >= 15 is 0 Å². The average Bonchev–Trinajstić information content (AvgIpc) is 2.80. The molecule has 1 aromatic rings. The van der Waals surface area contributed by atoms with Crippen LogP contribution in [0.3, 0.4) is 0 Å². The van der Waals surface area contributed by atoms with Crippen LogP contribution in [-0.2, 0) is 11.3 Å². The van der Waals surface area contributed by atoms with E-state index in [1.807, 2.05) is 0 Å². The highest BCUT2D eigenvalue weighted by atomic mass is 35.5. The Bertz CT molecular complexity index is 507. The summed E-state index contributed by atoms with van der Waals surface area (Å²) in [4.78, 5) is 13.3. The first kappa shape index (κ1) is 14.9. The number of methoxy groups -OCH3 is 1. The number of benzene rings is 1. The van der Waals surface area contributed by atoms with Crippen LogP contribution in [0.15, 0.2) is 12.1 Å². The van der Waals surface area contributed by atoms with Crippen LogP contribution >= 0.6 is 11.6 Å². The minimum Gasteiger partial charge on any atom is -0.503 e. The van der Waals surface area contributed by atoms with Crippen molar-refractivity contribution in [2.24, 2.45) is 0 Å². The Kier molecular flexibility index (Phi) is 4.73. The standard InChI is InChI=1S/C14H19ClN2O3/c1-9(18)16-11-3-4-17(8-11)7-10-5-12(15)14(19)13(6-10)20-2/h5-6,11,19H,3-4,7-8H2,1-2H3,(H,16,18). The highest BCUT2D eigenvalue weighted by Crippen LogP contribution is 2.35. The van der Waals surface area contributed by atoms with Gasteiger partial charge in [0.15, 0.2) is 11.5 Å². The van der Waals surface area contributed by atoms with Crippen LogP contribution in [0.1, 0.15) is 18.9 Å². The van der Waals surface area contributed by atoms with E-state index < -0.39 is 0 Å². The van der Waals surface area contributed by atoms with Gasteiger partial charge in [0.1, 0.15) is 0 Å². The third kappa shape index (κ3) is 3.55. The molecule has 20 heavy (non-hydrogen) atoms. The van der Waals surface area contributed by atoms with Crippen LogP contribution in [0.4, 0.5) is 0 Å². The van der Waals surface area contributed by atoms with Gasteiger partial charge in [-0.15, -0.1) is 0 Å². The van der Waals surface area contributed by atoms with Crippen molar-refractivity contribution in [3.8, 4) is 11.5 Å². The maximum atomic E-state index is 11.0. The Labute approximate surface area is 123 Å². The van der Waals surface area contributed by atoms with E-state index in [4.69, 9.17) is 16.3 Å². The van der Waals surface area contributed by atoms with Gasteiger partial charge in [-0.05, 0) is 24.1 Å². The van der Waals surface area contributed by atoms with Gasteiger partial charge in [-0.25, -0.2) is 0 Å². The molecule has 1 aliphatic heterocycles. The molecule has 0 spiro atoms. The first-order chi connectivity index (χ1) is 9.49. The van der Waals surface area contributed by atoms with E-state index in [1.165, 1.54) is 14.0 Å². The molecule has 6 heteroatoms. The predicted octanol–water partition coefficient (Wildman–Crippen LogP) is 1.76. The van der Waals surface area contributed by atoms with E-state index in [1.54, 1.807) is 12.1 Å². The summed E-state index contributed by atoms with van der Waals surface area (Å²) in [6.45, 7) is 3.99. The summed E-state index contributed by atoms with van der Waals surface area (Å²) in [5.74, 6) is 0.353. The zero-order valence-corrected chi connectivity index (χ0v) is 12.4. The number of hydrogen-bond donors (Lipinski definition) is 2. The van der Waals surface area contributed by atoms with Crippen LogP contribution in [0.2, 0.25) is 5.02 Å². The molecular formula is C14H19ClN2O3. The molecule has 5 nitrogen and oxygen atoms in total. The monoisotopic (exact) mass is 298 g/mol. The lowest BCUT2D eigenvalue weighted by molar-refractivity contribution is -0.119. The zero-order valence-electron chi connectivity index (χ0n) is 11.6. The summed E-state index contributed by atoms with van der Waals surface area (Å²) < 4.78 is 5.09. The number of phenolic OH excluding ortho intramolecular Hbond substituents is 1. The van der Waals surface area contributed by atoms with Crippen molar-refractivity contribution in [3.05, 3.63) is 22.7 Å². The van der Waals surface area contributed by atoms with Gasteiger partial charge in [-0.2, -0.15) is 0 Å². The quantitative estimate of drug-likeness (QED) is 0.889. The second-order valence-electron chi connectivity index (χ2n) is 5.05. The molecule has 0 saturated carbocycles. The number of nitrogens with zero attached hydrogens (tertiary/aromatic N) is 1. The number of carbonyl (C=O) groups is 1. The van der Waals surface area contributed by atoms with Gasteiger partial charge in [-0.3, -0.25) is 9.69 Å². The summed E-state index contributed by atoms with van der Waals surface area (Å²) in [6.07, 6.45) is 0.947. The van der Waals surface area contributed by atoms with E-state index in [0.29, 0.717) is 12.3 Å². The Morgan fingerprint density at radius 3 is 3.00 bits per heavy atom. The number of nitrogens with one attached hydrogen (secondary N) is 1. The highest BCUT2D eigenvalue weighted by Gasteiger charge is 2.23. The van der Waals surface area contributed by atoms with E-state index in [9.17, 15) is 9.90 Å². The van der Waals surface area contributed by atoms with Crippen LogP contribution in [-0.4, -0.2) is 42.2 Å². The number of carbonyl (C=O) groups excluding carboxylic acids is 1. The number of likely N-dealkylation sites (tertiary alicyclic amines) is 1. The fraction of sp³-hybridized carbons (Fsp3) is 0.500. The molecular weight excluding hydrogens is 280 g/mol. The fourth-order valence-electron chi connectivity index (χ4n) is 2.51. The maximum absolute atomic E-state index is 11.0. The van der Waals surface area contributed by atoms with Crippen molar-refractivity contribution in [1.82, 2.24) is 10.2 Å². The van der Waals surface area contributed by atoms with Gasteiger partial charge in [-0.1, -0.05) is 11.6 Å². The summed E-state index contributed by atoms with van der Waals surface area (Å²) in [5, 5.41) is 12.9. The molecule has 0 radical (unpaired) electrons. The van der Waals surface area contributed by atoms with Crippen molar-refractivity contribution >= 4 is 17.5 Å². The van der Waals surface area contributed by atoms with Crippen molar-refractivity contribution in [3.63, 3.8) is 0 Å². The molecule has 0 bridgehead atoms. The lowest BCUT2D eigenvalue weighted by Crippen LogP contribution is -2.35. The molecule has 1 saturated heterocycles. The molecule has 2 N–H and O–H groups in total. The Morgan fingerprint density at radius 2 is 2.35 bits per heavy atom. The Morgan fingerprint density at radius 1 is 1.60 bits per heavy atom. The largest absolute Gasteiger partial charge is 0.503 e. The van der Waals surface area contributed by atoms with Gasteiger partial charge in [0.2, 0.25) is 5.91 Å². The number of phenols is 1. The second kappa shape index (κ2) is 6.33. The van der Waals surface area contributed by atoms with Crippen molar-refractivity contribution in [2.75, 3.05) is 20.2 Å². The number of ether oxygens (including phenoxy) is 1. The maximum Gasteiger partial charge on any atom is 0.217 e. The smallest absolute Gasteiger partial charge is 0.217 e. The van der Waals surface area contributed by atoms with E-state index in [-0.39, 0.29) is 22.7 Å². The first-order valence-corrected chi connectivity index (χ1v) is 6.92. The Balaban J connectivity index is 2.01. The van der Waals surface area contributed by atoms with Gasteiger partial charge in [0, 0.05) is 32.6 Å². The van der Waals surface area contributed by atoms with Crippen LogP contribution in [0.25, 0.3) is 0 Å². The predicted molar refractivity (Wildman–Crippen MR) is 77.2 cm³/mol. The lowest BCUT2D eigenvalue weighted by atomic mass is 10.2. The van der Waals surface area contributed by atoms with E-state index in [0.717, 1.165) is 25.1 Å². The molecule has 1 unspecified atom stereocenters. The summed E-state index contributed by atoms with van der Waals surface area (Å²) in [7, 11) is 1.50. The molecule has 110 valence electrons. The third-order valence-corrected chi connectivity index (χ3v) is 3.68. The van der Waals surface area contributed by atoms with Crippen LogP contribution < -0.4 is 10.1 Å². The van der Waals surface area contributed by atoms with Crippen molar-refractivity contribution < 1.29 is 14.6 Å². The molecule has 1 fully saturated rings. The molecule has 1 aliphatic rings. The normalized spacial score (nSPS) is 19.1. The van der Waals surface area contributed by atoms with Crippen molar-refractivity contribution in [2.45, 2.75) is 25.9 Å². The zero-order chi connectivity index (χ0) is 14.7. The summed E-state index contributed by atoms with van der Waals surface area (Å²) >= 11 is 5.98. The van der Waals surface area contributed by atoms with Crippen molar-refractivity contribution in [1.29, 1.82) is 0 Å². The van der Waals surface area contributed by atoms with Crippen LogP contribution in [0, 0.1) is 0 Å². The third-order valence-electron chi connectivity index (χ3n) is 3.39. The minimum atomic E-state index is -0.0320. The topological polar surface area (TPSA) is 61.8 Å². The van der Waals surface area contributed by atoms with Gasteiger partial charge in [0.25, 0.3) is 0 Å². The number of halogens is 1. The lowest BCUT2D eigenvalue weighted by Gasteiger charge is -2.17. The molecule has 2 rings (SSSR count). The summed E-state index contributed by atoms with van der Waals surface area (Å²) in [6, 6.07) is 3.74. The van der Waals surface area contributed by atoms with Gasteiger partial charge in [0.05, 0.1) is 12.1 Å². The molecule has 1 amide bonds. The second-order valence-corrected chi connectivity index (χ2v) is 5.46. The molecule has 1 aromatic carbocycles. The summed E-state index contributed by atoms with van der Waals surface area (Å²) in [5.41, 5.74) is 0.980. The average molecular weight is 299 g/mol. The molecule has 0 aromatic heterocycles. The molecule has 1 atom stereocenters. The van der Waals surface area contributed by atoms with E-state index in [2.05, 4.69) is 10.2 Å². The number of amides is 1. The van der Waals surface area contributed by atoms with Gasteiger partial charge >= 0.3 is 0 Å². The number of aromatic hydroxyl groups is 1. The molecule has 0 aliphatic carbocycles.